The van der Waals surface area contributed by atoms with Crippen LogP contribution < -0.4 is 22.6 Å². The van der Waals surface area contributed by atoms with Crippen molar-refractivity contribution < 1.29 is 50.3 Å². The molecule has 0 saturated heterocycles. The van der Waals surface area contributed by atoms with Crippen LogP contribution >= 0.6 is 0 Å². The molecule has 0 radical (unpaired) electrons. The fourth-order valence-electron chi connectivity index (χ4n) is 0. The van der Waals surface area contributed by atoms with Gasteiger partial charge in [0.1, 0.15) is 0 Å². The summed E-state index contributed by atoms with van der Waals surface area (Å²) >= 11 is 0. The van der Waals surface area contributed by atoms with Crippen LogP contribution in [0.5, 0.6) is 0 Å². The summed E-state index contributed by atoms with van der Waals surface area (Å²) in [6, 6.07) is 0. The Labute approximate surface area is 77.3 Å². The third-order valence-electron chi connectivity index (χ3n) is 0. The maximum absolute atomic E-state index is 8.93. The number of hydrogen-bond acceptors (Lipinski definition) is 2. The molecule has 0 unspecified atom stereocenters. The minimum atomic E-state index is 0. The van der Waals surface area contributed by atoms with Gasteiger partial charge in [0.15, 0.2) is 0 Å². The zero-order chi connectivity index (χ0) is 5.41. The van der Waals surface area contributed by atoms with Gasteiger partial charge in [0.25, 0.3) is 0 Å². The second-order valence-electron chi connectivity index (χ2n) is 0.577. The van der Waals surface area contributed by atoms with Crippen LogP contribution in [0.3, 0.4) is 0 Å². The summed E-state index contributed by atoms with van der Waals surface area (Å²) in [6.45, 7) is 3.14. The van der Waals surface area contributed by atoms with E-state index in [0.29, 0.717) is 0 Å². The summed E-state index contributed by atoms with van der Waals surface area (Å²) in [7, 11) is 0. The molecule has 8 heavy (non-hydrogen) atoms. The SMILES string of the molecule is CC[O-].CC[O-].[Cl-].[H-].[Zr+4]. The monoisotopic (exact) mass is 216 g/mol. The zero-order valence-corrected chi connectivity index (χ0v) is 8.32. The van der Waals surface area contributed by atoms with E-state index in [9.17, 15) is 0 Å². The normalized spacial score (nSPS) is 4.50. The van der Waals surface area contributed by atoms with Crippen LogP contribution in [0.1, 0.15) is 15.3 Å². The van der Waals surface area contributed by atoms with E-state index in [1.54, 1.807) is 13.8 Å². The van der Waals surface area contributed by atoms with Crippen LogP contribution in [0.15, 0.2) is 0 Å². The Morgan fingerprint density at radius 2 is 1.12 bits per heavy atom. The van der Waals surface area contributed by atoms with Gasteiger partial charge in [0.05, 0.1) is 0 Å². The van der Waals surface area contributed by atoms with E-state index < -0.39 is 0 Å². The first-order valence-electron chi connectivity index (χ1n) is 1.99. The largest absolute Gasteiger partial charge is 4.00 e. The van der Waals surface area contributed by atoms with E-state index in [2.05, 4.69) is 0 Å². The maximum Gasteiger partial charge on any atom is 4.00 e. The van der Waals surface area contributed by atoms with E-state index in [-0.39, 0.29) is 53.3 Å². The average Bonchev–Trinajstić information content (AvgIpc) is 1.39. The van der Waals surface area contributed by atoms with Gasteiger partial charge in [-0.05, 0) is 0 Å². The van der Waals surface area contributed by atoms with Crippen LogP contribution in [-0.2, 0) is 26.2 Å². The number of hydrogen-bond donors (Lipinski definition) is 0. The minimum Gasteiger partial charge on any atom is -1.00 e. The Balaban J connectivity index is -0.00000000889. The Morgan fingerprint density at radius 3 is 1.12 bits per heavy atom. The smallest absolute Gasteiger partial charge is 1.00 e. The summed E-state index contributed by atoms with van der Waals surface area (Å²) in [6.07, 6.45) is 0. The minimum absolute atomic E-state index is 0. The second kappa shape index (κ2) is 42.6. The molecule has 0 aliphatic rings. The van der Waals surface area contributed by atoms with Crippen molar-refractivity contribution in [3.8, 4) is 0 Å². The number of halogens is 1. The molecular formula is C4H11ClO2Zr. The van der Waals surface area contributed by atoms with Crippen molar-refractivity contribution in [1.29, 1.82) is 0 Å². The van der Waals surface area contributed by atoms with Crippen molar-refractivity contribution in [2.75, 3.05) is 13.2 Å². The van der Waals surface area contributed by atoms with Gasteiger partial charge in [-0.1, -0.05) is 13.8 Å². The van der Waals surface area contributed by atoms with Gasteiger partial charge in [-0.25, -0.2) is 0 Å². The molecule has 0 aromatic carbocycles. The molecule has 0 N–H and O–H groups in total. The van der Waals surface area contributed by atoms with Crippen molar-refractivity contribution in [2.45, 2.75) is 13.8 Å². The third kappa shape index (κ3) is 220. The van der Waals surface area contributed by atoms with Gasteiger partial charge < -0.3 is 24.0 Å². The molecule has 0 amide bonds. The van der Waals surface area contributed by atoms with Crippen molar-refractivity contribution in [3.05, 3.63) is 0 Å². The molecule has 0 heterocycles. The van der Waals surface area contributed by atoms with Crippen LogP contribution in [-0.4, -0.2) is 13.2 Å². The third-order valence-corrected chi connectivity index (χ3v) is 0. The second-order valence-corrected chi connectivity index (χ2v) is 0.577. The van der Waals surface area contributed by atoms with E-state index in [1.807, 2.05) is 0 Å². The van der Waals surface area contributed by atoms with Crippen molar-refractivity contribution in [3.63, 3.8) is 0 Å². The van der Waals surface area contributed by atoms with E-state index in [4.69, 9.17) is 10.2 Å². The summed E-state index contributed by atoms with van der Waals surface area (Å²) in [5.74, 6) is 0. The molecule has 50 valence electrons. The van der Waals surface area contributed by atoms with Gasteiger partial charge in [-0.2, -0.15) is 0 Å². The molecule has 0 aliphatic heterocycles. The molecule has 0 spiro atoms. The van der Waals surface area contributed by atoms with Gasteiger partial charge >= 0.3 is 26.2 Å². The number of rotatable bonds is 0. The first-order valence-corrected chi connectivity index (χ1v) is 1.99. The molecule has 0 atom stereocenters. The Morgan fingerprint density at radius 1 is 1.12 bits per heavy atom. The topological polar surface area (TPSA) is 46.1 Å². The molecule has 0 fully saturated rings. The Hall–Kier alpha value is 1.09. The molecule has 4 heteroatoms. The molecule has 0 aromatic heterocycles. The van der Waals surface area contributed by atoms with Gasteiger partial charge in [0, 0.05) is 0 Å². The summed E-state index contributed by atoms with van der Waals surface area (Å²) in [4.78, 5) is 0. The quantitative estimate of drug-likeness (QED) is 0.414. The summed E-state index contributed by atoms with van der Waals surface area (Å²) in [5.41, 5.74) is 0. The van der Waals surface area contributed by atoms with Crippen molar-refractivity contribution in [2.24, 2.45) is 0 Å². The zero-order valence-electron chi connectivity index (χ0n) is 6.11. The molecule has 0 aromatic rings. The van der Waals surface area contributed by atoms with Gasteiger partial charge in [0.2, 0.25) is 0 Å². The standard InChI is InChI=1S/2C2H5O.ClH.Zr.H/c2*1-2-3;;;/h2*2H2,1H3;1H;;/q2*-1;;+4;-1/p-1. The van der Waals surface area contributed by atoms with E-state index >= 15 is 0 Å². The van der Waals surface area contributed by atoms with Crippen LogP contribution in [0, 0.1) is 0 Å². The molecule has 0 saturated carbocycles. The summed E-state index contributed by atoms with van der Waals surface area (Å²) in [5, 5.41) is 17.9. The molecule has 0 bridgehead atoms. The average molecular weight is 218 g/mol. The predicted octanol–water partition coefficient (Wildman–Crippen LogP) is -4.15. The van der Waals surface area contributed by atoms with E-state index in [1.165, 1.54) is 0 Å². The van der Waals surface area contributed by atoms with E-state index in [0.717, 1.165) is 0 Å². The van der Waals surface area contributed by atoms with Crippen LogP contribution in [0.2, 0.25) is 0 Å². The van der Waals surface area contributed by atoms with Gasteiger partial charge in [-0.3, -0.25) is 0 Å². The Bertz CT molecular complexity index is 20.5. The van der Waals surface area contributed by atoms with Crippen LogP contribution in [0.4, 0.5) is 0 Å². The predicted molar refractivity (Wildman–Crippen MR) is 22.2 cm³/mol. The molecular weight excluding hydrogens is 207 g/mol. The fourth-order valence-corrected chi connectivity index (χ4v) is 0. The molecule has 0 aliphatic carbocycles. The maximum atomic E-state index is 8.93. The van der Waals surface area contributed by atoms with Gasteiger partial charge in [-0.15, -0.1) is 13.2 Å². The first kappa shape index (κ1) is 23.0. The molecule has 0 rings (SSSR count). The Kier molecular flexibility index (Phi) is 122. The van der Waals surface area contributed by atoms with Crippen LogP contribution in [0.25, 0.3) is 0 Å². The van der Waals surface area contributed by atoms with Crippen molar-refractivity contribution >= 4 is 0 Å². The first-order chi connectivity index (χ1) is 2.83. The van der Waals surface area contributed by atoms with Crippen molar-refractivity contribution in [1.82, 2.24) is 0 Å². The fraction of sp³-hybridized carbons (Fsp3) is 1.00. The summed E-state index contributed by atoms with van der Waals surface area (Å²) < 4.78 is 0. The molecule has 2 nitrogen and oxygen atoms in total.